The summed E-state index contributed by atoms with van der Waals surface area (Å²) >= 11 is 6.09. The minimum absolute atomic E-state index is 0.125. The first-order valence-electron chi connectivity index (χ1n) is 8.80. The Morgan fingerprint density at radius 3 is 3.04 bits per heavy atom. The summed E-state index contributed by atoms with van der Waals surface area (Å²) in [6, 6.07) is 7.75. The summed E-state index contributed by atoms with van der Waals surface area (Å²) in [5.74, 6) is 0.361. The number of benzene rings is 1. The topological polar surface area (TPSA) is 45.5 Å². The Balaban J connectivity index is 1.49. The summed E-state index contributed by atoms with van der Waals surface area (Å²) in [4.78, 5) is 14.7. The van der Waals surface area contributed by atoms with Gasteiger partial charge in [-0.1, -0.05) is 30.5 Å². The van der Waals surface area contributed by atoms with Crippen LogP contribution in [-0.2, 0) is 11.3 Å². The second-order valence-electron chi connectivity index (χ2n) is 7.28. The molecule has 1 aliphatic carbocycles. The Morgan fingerprint density at radius 2 is 2.17 bits per heavy atom. The van der Waals surface area contributed by atoms with Gasteiger partial charge in [-0.2, -0.15) is 0 Å². The van der Waals surface area contributed by atoms with Gasteiger partial charge >= 0.3 is 0 Å². The number of likely N-dealkylation sites (tertiary alicyclic amines) is 1. The van der Waals surface area contributed by atoms with E-state index in [1.807, 2.05) is 39.9 Å². The van der Waals surface area contributed by atoms with Crippen LogP contribution in [-0.4, -0.2) is 39.2 Å². The van der Waals surface area contributed by atoms with Gasteiger partial charge in [-0.3, -0.25) is 4.79 Å². The van der Waals surface area contributed by atoms with Crippen molar-refractivity contribution in [2.75, 3.05) is 13.1 Å². The summed E-state index contributed by atoms with van der Waals surface area (Å²) in [5.41, 5.74) is 0.449. The van der Waals surface area contributed by atoms with Crippen LogP contribution >= 0.6 is 11.6 Å². The minimum atomic E-state index is -0.539. The molecule has 128 valence electrons. The van der Waals surface area contributed by atoms with Crippen molar-refractivity contribution in [3.05, 3.63) is 35.5 Å². The van der Waals surface area contributed by atoms with E-state index in [9.17, 15) is 9.90 Å². The van der Waals surface area contributed by atoms with Crippen molar-refractivity contribution in [1.29, 1.82) is 0 Å². The normalized spacial score (nSPS) is 27.2. The van der Waals surface area contributed by atoms with E-state index in [0.717, 1.165) is 36.6 Å². The number of rotatable bonds is 2. The molecule has 1 saturated heterocycles. The molecule has 1 saturated carbocycles. The fraction of sp³-hybridized carbons (Fsp3) is 0.526. The highest BCUT2D eigenvalue weighted by atomic mass is 35.5. The number of hydrogen-bond acceptors (Lipinski definition) is 2. The molecule has 0 radical (unpaired) electrons. The number of carbonyl (C=O) groups excluding carboxylic acids is 1. The summed E-state index contributed by atoms with van der Waals surface area (Å²) in [7, 11) is 0. The van der Waals surface area contributed by atoms with Crippen LogP contribution in [0.15, 0.2) is 30.5 Å². The fourth-order valence-electron chi connectivity index (χ4n) is 4.34. The quantitative estimate of drug-likeness (QED) is 0.905. The predicted molar refractivity (Wildman–Crippen MR) is 95.1 cm³/mol. The van der Waals surface area contributed by atoms with Crippen LogP contribution in [0.4, 0.5) is 0 Å². The fourth-order valence-corrected chi connectivity index (χ4v) is 4.50. The van der Waals surface area contributed by atoms with Crippen LogP contribution in [0, 0.1) is 5.92 Å². The zero-order valence-electron chi connectivity index (χ0n) is 13.7. The second kappa shape index (κ2) is 6.08. The molecule has 1 amide bonds. The van der Waals surface area contributed by atoms with Crippen LogP contribution in [0.5, 0.6) is 0 Å². The molecule has 0 spiro atoms. The van der Waals surface area contributed by atoms with Gasteiger partial charge in [-0.25, -0.2) is 0 Å². The Hall–Kier alpha value is -1.52. The van der Waals surface area contributed by atoms with Gasteiger partial charge in [0.1, 0.15) is 6.54 Å². The van der Waals surface area contributed by atoms with Gasteiger partial charge in [0.05, 0.1) is 5.60 Å². The van der Waals surface area contributed by atoms with E-state index in [1.165, 1.54) is 0 Å². The Bertz CT molecular complexity index is 772. The van der Waals surface area contributed by atoms with Crippen LogP contribution in [0.3, 0.4) is 0 Å². The van der Waals surface area contributed by atoms with Crippen molar-refractivity contribution in [3.8, 4) is 0 Å². The van der Waals surface area contributed by atoms with Gasteiger partial charge in [-0.05, 0) is 42.8 Å². The summed E-state index contributed by atoms with van der Waals surface area (Å²) < 4.78 is 1.96. The molecule has 4 rings (SSSR count). The number of amides is 1. The van der Waals surface area contributed by atoms with Crippen molar-refractivity contribution < 1.29 is 9.90 Å². The molecule has 24 heavy (non-hydrogen) atoms. The molecule has 1 aromatic heterocycles. The minimum Gasteiger partial charge on any atom is -0.389 e. The molecule has 1 aliphatic heterocycles. The van der Waals surface area contributed by atoms with Gasteiger partial charge in [0, 0.05) is 35.7 Å². The van der Waals surface area contributed by atoms with Crippen molar-refractivity contribution in [2.24, 2.45) is 5.92 Å². The predicted octanol–water partition coefficient (Wildman–Crippen LogP) is 3.45. The molecule has 2 fully saturated rings. The maximum Gasteiger partial charge on any atom is 0.242 e. The molecule has 2 aromatic rings. The van der Waals surface area contributed by atoms with Crippen LogP contribution < -0.4 is 0 Å². The van der Waals surface area contributed by atoms with E-state index < -0.39 is 5.60 Å². The van der Waals surface area contributed by atoms with Crippen molar-refractivity contribution in [1.82, 2.24) is 9.47 Å². The summed E-state index contributed by atoms with van der Waals surface area (Å²) in [6.07, 6.45) is 6.84. The molecule has 0 unspecified atom stereocenters. The van der Waals surface area contributed by atoms with Crippen molar-refractivity contribution in [2.45, 2.75) is 44.2 Å². The van der Waals surface area contributed by atoms with Crippen LogP contribution in [0.2, 0.25) is 5.02 Å². The van der Waals surface area contributed by atoms with E-state index in [-0.39, 0.29) is 11.8 Å². The Kier molecular flexibility index (Phi) is 4.05. The molecular weight excluding hydrogens is 324 g/mol. The maximum absolute atomic E-state index is 12.8. The molecule has 1 aromatic carbocycles. The first kappa shape index (κ1) is 16.0. The Labute approximate surface area is 147 Å². The van der Waals surface area contributed by atoms with Gasteiger partial charge in [0.15, 0.2) is 0 Å². The van der Waals surface area contributed by atoms with Gasteiger partial charge < -0.3 is 14.6 Å². The van der Waals surface area contributed by atoms with E-state index in [1.54, 1.807) is 0 Å². The van der Waals surface area contributed by atoms with Crippen LogP contribution in [0.25, 0.3) is 10.9 Å². The highest BCUT2D eigenvalue weighted by Gasteiger charge is 2.43. The molecule has 0 bridgehead atoms. The lowest BCUT2D eigenvalue weighted by molar-refractivity contribution is -0.143. The molecule has 2 heterocycles. The average molecular weight is 347 g/mol. The lowest BCUT2D eigenvalue weighted by atomic mass is 9.71. The zero-order chi connectivity index (χ0) is 16.7. The van der Waals surface area contributed by atoms with E-state index >= 15 is 0 Å². The van der Waals surface area contributed by atoms with Crippen molar-refractivity contribution >= 4 is 28.4 Å². The number of piperidine rings is 1. The van der Waals surface area contributed by atoms with E-state index in [0.29, 0.717) is 31.1 Å². The smallest absolute Gasteiger partial charge is 0.242 e. The largest absolute Gasteiger partial charge is 0.389 e. The first-order chi connectivity index (χ1) is 11.5. The van der Waals surface area contributed by atoms with E-state index in [4.69, 9.17) is 11.6 Å². The lowest BCUT2D eigenvalue weighted by Gasteiger charge is -2.47. The van der Waals surface area contributed by atoms with Crippen molar-refractivity contribution in [3.63, 3.8) is 0 Å². The third kappa shape index (κ3) is 2.82. The lowest BCUT2D eigenvalue weighted by Crippen LogP contribution is -2.55. The second-order valence-corrected chi connectivity index (χ2v) is 7.72. The van der Waals surface area contributed by atoms with Gasteiger partial charge in [-0.15, -0.1) is 0 Å². The monoisotopic (exact) mass is 346 g/mol. The number of fused-ring (bicyclic) bond motifs is 2. The zero-order valence-corrected chi connectivity index (χ0v) is 14.5. The standard InChI is InChI=1S/C19H23ClN2O2/c20-16-5-4-14-6-9-21(17(14)11-16)13-18(23)22-10-8-19(24)7-2-1-3-15(19)12-22/h4-6,9,11,15,24H,1-3,7-8,10,12-13H2/t15-,19-/m1/s1. The highest BCUT2D eigenvalue weighted by molar-refractivity contribution is 6.31. The number of carbonyl (C=O) groups is 1. The number of hydrogen-bond donors (Lipinski definition) is 1. The number of aromatic nitrogens is 1. The third-order valence-electron chi connectivity index (χ3n) is 5.82. The molecule has 2 atom stereocenters. The maximum atomic E-state index is 12.8. The average Bonchev–Trinajstić information content (AvgIpc) is 2.96. The number of nitrogens with zero attached hydrogens (tertiary/aromatic N) is 2. The summed E-state index contributed by atoms with van der Waals surface area (Å²) in [5, 5.41) is 12.5. The number of aliphatic hydroxyl groups is 1. The molecule has 5 heteroatoms. The molecule has 4 nitrogen and oxygen atoms in total. The third-order valence-corrected chi connectivity index (χ3v) is 6.06. The van der Waals surface area contributed by atoms with Gasteiger partial charge in [0.25, 0.3) is 0 Å². The van der Waals surface area contributed by atoms with Gasteiger partial charge in [0.2, 0.25) is 5.91 Å². The highest BCUT2D eigenvalue weighted by Crippen LogP contribution is 2.39. The van der Waals surface area contributed by atoms with E-state index in [2.05, 4.69) is 0 Å². The molecular formula is C19H23ClN2O2. The first-order valence-corrected chi connectivity index (χ1v) is 9.17. The molecule has 1 N–H and O–H groups in total. The SMILES string of the molecule is O=C(Cn1ccc2ccc(Cl)cc21)N1CC[C@]2(O)CCCC[C@@H]2C1. The Morgan fingerprint density at radius 1 is 1.29 bits per heavy atom. The summed E-state index contributed by atoms with van der Waals surface area (Å²) in [6.45, 7) is 1.68. The number of halogens is 1. The molecule has 2 aliphatic rings. The van der Waals surface area contributed by atoms with Crippen LogP contribution in [0.1, 0.15) is 32.1 Å².